The van der Waals surface area contributed by atoms with Crippen molar-refractivity contribution in [3.05, 3.63) is 69.5 Å². The molecule has 0 unspecified atom stereocenters. The van der Waals surface area contributed by atoms with Crippen LogP contribution in [0.4, 0.5) is 11.5 Å². The quantitative estimate of drug-likeness (QED) is 0.324. The van der Waals surface area contributed by atoms with E-state index in [9.17, 15) is 4.79 Å². The maximum atomic E-state index is 12.4. The Bertz CT molecular complexity index is 934. The van der Waals surface area contributed by atoms with E-state index >= 15 is 0 Å². The molecule has 0 aliphatic rings. The number of nitrogens with one attached hydrogen (secondary N) is 4. The molecule has 0 aliphatic heterocycles. The van der Waals surface area contributed by atoms with Crippen LogP contribution in [0.2, 0.25) is 5.02 Å². The van der Waals surface area contributed by atoms with Crippen molar-refractivity contribution in [2.45, 2.75) is 19.4 Å². The number of hydrogen-bond acceptors (Lipinski definition) is 5. The molecule has 4 N–H and O–H groups in total. The summed E-state index contributed by atoms with van der Waals surface area (Å²) in [6.07, 6.45) is 5.65. The van der Waals surface area contributed by atoms with Crippen molar-refractivity contribution in [2.75, 3.05) is 23.7 Å². The van der Waals surface area contributed by atoms with E-state index in [4.69, 9.17) is 11.6 Å². The molecule has 29 heavy (non-hydrogen) atoms. The first-order valence-corrected chi connectivity index (χ1v) is 10.5. The van der Waals surface area contributed by atoms with Gasteiger partial charge in [0.25, 0.3) is 5.91 Å². The fourth-order valence-corrected chi connectivity index (χ4v) is 3.31. The largest absolute Gasteiger partial charge is 0.385 e. The number of aromatic nitrogens is 3. The predicted molar refractivity (Wildman–Crippen MR) is 119 cm³/mol. The van der Waals surface area contributed by atoms with Gasteiger partial charge in [0.2, 0.25) is 0 Å². The SMILES string of the molecule is O=C(Nc1n[nH]c(CNCCCCNc2ccncc2)c1Br)c1ccccc1Cl. The van der Waals surface area contributed by atoms with E-state index in [0.29, 0.717) is 22.9 Å². The molecule has 0 radical (unpaired) electrons. The Morgan fingerprint density at radius 3 is 2.66 bits per heavy atom. The minimum atomic E-state index is -0.302. The average molecular weight is 478 g/mol. The molecule has 0 saturated carbocycles. The van der Waals surface area contributed by atoms with Crippen LogP contribution < -0.4 is 16.0 Å². The minimum absolute atomic E-state index is 0.302. The molecule has 152 valence electrons. The van der Waals surface area contributed by atoms with Crippen molar-refractivity contribution in [3.63, 3.8) is 0 Å². The second-order valence-corrected chi connectivity index (χ2v) is 7.55. The normalized spacial score (nSPS) is 10.7. The third-order valence-corrected chi connectivity index (χ3v) is 5.40. The molecule has 0 bridgehead atoms. The van der Waals surface area contributed by atoms with Gasteiger partial charge in [-0.05, 0) is 59.6 Å². The highest BCUT2D eigenvalue weighted by atomic mass is 79.9. The van der Waals surface area contributed by atoms with Gasteiger partial charge in [0.1, 0.15) is 0 Å². The first kappa shape index (κ1) is 21.3. The average Bonchev–Trinajstić information content (AvgIpc) is 3.08. The summed E-state index contributed by atoms with van der Waals surface area (Å²) >= 11 is 9.56. The van der Waals surface area contributed by atoms with Gasteiger partial charge in [0, 0.05) is 31.2 Å². The standard InChI is InChI=1S/C20H22BrClN6O/c21-18-17(13-24-9-3-4-10-25-14-7-11-23-12-8-14)27-28-19(18)26-20(29)15-5-1-2-6-16(15)22/h1-2,5-8,11-12,24H,3-4,9-10,13H2,(H,23,25)(H2,26,27,28,29). The summed E-state index contributed by atoms with van der Waals surface area (Å²) in [7, 11) is 0. The lowest BCUT2D eigenvalue weighted by Gasteiger charge is -2.07. The highest BCUT2D eigenvalue weighted by Crippen LogP contribution is 2.25. The summed E-state index contributed by atoms with van der Waals surface area (Å²) in [6, 6.07) is 10.8. The zero-order valence-corrected chi connectivity index (χ0v) is 18.1. The minimum Gasteiger partial charge on any atom is -0.385 e. The highest BCUT2D eigenvalue weighted by molar-refractivity contribution is 9.10. The third-order valence-electron chi connectivity index (χ3n) is 4.22. The van der Waals surface area contributed by atoms with E-state index in [-0.39, 0.29) is 5.91 Å². The van der Waals surface area contributed by atoms with Crippen molar-refractivity contribution >= 4 is 44.9 Å². The Morgan fingerprint density at radius 2 is 1.86 bits per heavy atom. The molecule has 2 aromatic heterocycles. The van der Waals surface area contributed by atoms with E-state index in [0.717, 1.165) is 41.8 Å². The molecule has 7 nitrogen and oxygen atoms in total. The fraction of sp³-hybridized carbons (Fsp3) is 0.250. The molecular formula is C20H22BrClN6O. The van der Waals surface area contributed by atoms with Crippen LogP contribution in [0.25, 0.3) is 0 Å². The summed E-state index contributed by atoms with van der Waals surface area (Å²) in [5, 5.41) is 17.0. The second kappa shape index (κ2) is 10.9. The number of amides is 1. The zero-order valence-electron chi connectivity index (χ0n) is 15.7. The van der Waals surface area contributed by atoms with Crippen LogP contribution in [0.1, 0.15) is 28.9 Å². The monoisotopic (exact) mass is 476 g/mol. The van der Waals surface area contributed by atoms with Gasteiger partial charge in [-0.3, -0.25) is 14.9 Å². The molecule has 3 rings (SSSR count). The number of pyridine rings is 1. The molecule has 9 heteroatoms. The van der Waals surface area contributed by atoms with Gasteiger partial charge in [-0.15, -0.1) is 0 Å². The van der Waals surface area contributed by atoms with Gasteiger partial charge in [-0.1, -0.05) is 23.7 Å². The summed E-state index contributed by atoms with van der Waals surface area (Å²) in [6.45, 7) is 2.41. The molecule has 0 saturated heterocycles. The zero-order chi connectivity index (χ0) is 20.5. The molecular weight excluding hydrogens is 456 g/mol. The first-order chi connectivity index (χ1) is 14.1. The van der Waals surface area contributed by atoms with Gasteiger partial charge in [-0.25, -0.2) is 0 Å². The van der Waals surface area contributed by atoms with Crippen LogP contribution in [0.3, 0.4) is 0 Å². The molecule has 0 fully saturated rings. The Labute approximate surface area is 182 Å². The van der Waals surface area contributed by atoms with Crippen molar-refractivity contribution < 1.29 is 4.79 Å². The lowest BCUT2D eigenvalue weighted by atomic mass is 10.2. The van der Waals surface area contributed by atoms with Gasteiger partial charge in [0.05, 0.1) is 20.8 Å². The molecule has 1 aromatic carbocycles. The third kappa shape index (κ3) is 6.28. The van der Waals surface area contributed by atoms with Crippen LogP contribution in [-0.2, 0) is 6.54 Å². The number of nitrogens with zero attached hydrogens (tertiary/aromatic N) is 2. The van der Waals surface area contributed by atoms with Crippen molar-refractivity contribution in [1.82, 2.24) is 20.5 Å². The van der Waals surface area contributed by atoms with Gasteiger partial charge >= 0.3 is 0 Å². The smallest absolute Gasteiger partial charge is 0.258 e. The van der Waals surface area contributed by atoms with Crippen LogP contribution in [0.15, 0.2) is 53.3 Å². The number of hydrogen-bond donors (Lipinski definition) is 4. The van der Waals surface area contributed by atoms with Crippen molar-refractivity contribution in [2.24, 2.45) is 0 Å². The fourth-order valence-electron chi connectivity index (χ4n) is 2.68. The molecule has 0 atom stereocenters. The maximum Gasteiger partial charge on any atom is 0.258 e. The van der Waals surface area contributed by atoms with E-state index in [2.05, 4.69) is 47.1 Å². The second-order valence-electron chi connectivity index (χ2n) is 6.35. The molecule has 2 heterocycles. The summed E-state index contributed by atoms with van der Waals surface area (Å²) in [5.74, 6) is 0.136. The Balaban J connectivity index is 1.38. The van der Waals surface area contributed by atoms with Crippen molar-refractivity contribution in [3.8, 4) is 0 Å². The van der Waals surface area contributed by atoms with Crippen LogP contribution in [0, 0.1) is 0 Å². The number of halogens is 2. The summed E-state index contributed by atoms with van der Waals surface area (Å²) in [5.41, 5.74) is 2.36. The lowest BCUT2D eigenvalue weighted by Crippen LogP contribution is -2.16. The van der Waals surface area contributed by atoms with Crippen molar-refractivity contribution in [1.29, 1.82) is 0 Å². The Morgan fingerprint density at radius 1 is 1.10 bits per heavy atom. The molecule has 1 amide bonds. The molecule has 3 aromatic rings. The number of carbonyl (C=O) groups excluding carboxylic acids is 1. The van der Waals surface area contributed by atoms with Gasteiger partial charge in [-0.2, -0.15) is 5.10 Å². The Hall–Kier alpha value is -2.42. The molecule has 0 aliphatic carbocycles. The number of rotatable bonds is 10. The summed E-state index contributed by atoms with van der Waals surface area (Å²) < 4.78 is 0.727. The van der Waals surface area contributed by atoms with Gasteiger partial charge < -0.3 is 16.0 Å². The van der Waals surface area contributed by atoms with Crippen LogP contribution >= 0.6 is 27.5 Å². The number of aromatic amines is 1. The van der Waals surface area contributed by atoms with Gasteiger partial charge in [0.15, 0.2) is 5.82 Å². The number of benzene rings is 1. The number of carbonyl (C=O) groups is 1. The Kier molecular flexibility index (Phi) is 8.03. The lowest BCUT2D eigenvalue weighted by molar-refractivity contribution is 0.102. The predicted octanol–water partition coefficient (Wildman–Crippen LogP) is 4.45. The van der Waals surface area contributed by atoms with E-state index in [1.807, 2.05) is 12.1 Å². The van der Waals surface area contributed by atoms with E-state index in [1.54, 1.807) is 36.7 Å². The van der Waals surface area contributed by atoms with E-state index < -0.39 is 0 Å². The topological polar surface area (TPSA) is 94.7 Å². The van der Waals surface area contributed by atoms with Crippen LogP contribution in [0.5, 0.6) is 0 Å². The number of H-pyrrole nitrogens is 1. The number of anilines is 2. The molecule has 0 spiro atoms. The first-order valence-electron chi connectivity index (χ1n) is 9.28. The highest BCUT2D eigenvalue weighted by Gasteiger charge is 2.15. The summed E-state index contributed by atoms with van der Waals surface area (Å²) in [4.78, 5) is 16.4. The van der Waals surface area contributed by atoms with Crippen LogP contribution in [-0.4, -0.2) is 34.2 Å². The van der Waals surface area contributed by atoms with E-state index in [1.165, 1.54) is 0 Å². The number of unbranched alkanes of at least 4 members (excludes halogenated alkanes) is 1. The maximum absolute atomic E-state index is 12.4.